The lowest BCUT2D eigenvalue weighted by Crippen LogP contribution is -2.25. The highest BCUT2D eigenvalue weighted by Crippen LogP contribution is 2.28. The molecule has 0 saturated carbocycles. The normalized spacial score (nSPS) is 11.4. The molecule has 0 atom stereocenters. The minimum atomic E-state index is -0.0433. The van der Waals surface area contributed by atoms with Gasteiger partial charge < -0.3 is 10.2 Å². The average molecular weight is 401 g/mol. The summed E-state index contributed by atoms with van der Waals surface area (Å²) >= 11 is 1.61. The van der Waals surface area contributed by atoms with E-state index >= 15 is 0 Å². The first-order chi connectivity index (χ1) is 13.3. The van der Waals surface area contributed by atoms with Crippen LogP contribution in [0.15, 0.2) is 35.5 Å². The van der Waals surface area contributed by atoms with Crippen LogP contribution in [0, 0.1) is 0 Å². The highest BCUT2D eigenvalue weighted by Gasteiger charge is 2.19. The molecule has 1 aromatic heterocycles. The van der Waals surface area contributed by atoms with Crippen molar-refractivity contribution >= 4 is 23.5 Å². The second kappa shape index (κ2) is 9.92. The maximum absolute atomic E-state index is 12.1. The number of amides is 1. The molecule has 1 N–H and O–H groups in total. The fourth-order valence-corrected chi connectivity index (χ4v) is 3.58. The van der Waals surface area contributed by atoms with Gasteiger partial charge in [0.15, 0.2) is 5.16 Å². The Balaban J connectivity index is 2.25. The smallest absolute Gasteiger partial charge is 0.251 e. The maximum Gasteiger partial charge on any atom is 0.251 e. The van der Waals surface area contributed by atoms with E-state index in [2.05, 4.69) is 50.9 Å². The molecule has 1 amide bonds. The van der Waals surface area contributed by atoms with Crippen molar-refractivity contribution in [3.63, 3.8) is 0 Å². The van der Waals surface area contributed by atoms with Crippen LogP contribution in [-0.4, -0.2) is 35.5 Å². The number of aromatic nitrogens is 2. The molecule has 0 aliphatic heterocycles. The molecule has 0 saturated heterocycles. The molecule has 2 aromatic rings. The number of carbonyl (C=O) groups excluding carboxylic acids is 1. The van der Waals surface area contributed by atoms with Gasteiger partial charge in [0.25, 0.3) is 5.91 Å². The minimum Gasteiger partial charge on any atom is -0.357 e. The number of anilines is 1. The first-order valence-corrected chi connectivity index (χ1v) is 10.9. The Morgan fingerprint density at radius 1 is 1.11 bits per heavy atom. The molecule has 1 heterocycles. The number of thioether (sulfide) groups is 1. The van der Waals surface area contributed by atoms with E-state index in [4.69, 9.17) is 9.97 Å². The van der Waals surface area contributed by atoms with Gasteiger partial charge in [0.2, 0.25) is 0 Å². The lowest BCUT2D eigenvalue weighted by atomic mass is 9.92. The van der Waals surface area contributed by atoms with Crippen LogP contribution in [0.5, 0.6) is 0 Å². The van der Waals surface area contributed by atoms with Crippen LogP contribution in [0.2, 0.25) is 0 Å². The quantitative estimate of drug-likeness (QED) is 0.516. The number of nitrogens with zero attached hydrogens (tertiary/aromatic N) is 3. The molecular weight excluding hydrogens is 368 g/mol. The largest absolute Gasteiger partial charge is 0.357 e. The predicted octanol–water partition coefficient (Wildman–Crippen LogP) is 4.66. The van der Waals surface area contributed by atoms with E-state index in [-0.39, 0.29) is 11.3 Å². The number of hydrogen-bond donors (Lipinski definition) is 1. The number of nitrogens with one attached hydrogen (secondary N) is 1. The standard InChI is InChI=1S/C22H32N4OS/c1-7-23-20(27)17-12-10-11-16(13-17)15-28-21-24-18(22(4,5)6)14-19(25-21)26(8-2)9-3/h10-14H,7-9,15H2,1-6H3,(H,23,27). The second-order valence-corrected chi connectivity index (χ2v) is 8.61. The minimum absolute atomic E-state index is 0.0378. The molecule has 0 aliphatic rings. The molecule has 152 valence electrons. The van der Waals surface area contributed by atoms with Crippen LogP contribution in [0.3, 0.4) is 0 Å². The zero-order valence-electron chi connectivity index (χ0n) is 17.9. The van der Waals surface area contributed by atoms with E-state index in [0.29, 0.717) is 12.1 Å². The Kier molecular flexibility index (Phi) is 7.87. The molecule has 0 spiro atoms. The summed E-state index contributed by atoms with van der Waals surface area (Å²) in [4.78, 5) is 23.9. The van der Waals surface area contributed by atoms with E-state index in [9.17, 15) is 4.79 Å². The zero-order valence-corrected chi connectivity index (χ0v) is 18.7. The lowest BCUT2D eigenvalue weighted by molar-refractivity contribution is 0.0955. The van der Waals surface area contributed by atoms with Crippen molar-refractivity contribution in [2.75, 3.05) is 24.5 Å². The summed E-state index contributed by atoms with van der Waals surface area (Å²) in [6, 6.07) is 9.85. The van der Waals surface area contributed by atoms with Gasteiger partial charge in [-0.05, 0) is 38.5 Å². The third-order valence-electron chi connectivity index (χ3n) is 4.44. The van der Waals surface area contributed by atoms with Crippen molar-refractivity contribution < 1.29 is 4.79 Å². The monoisotopic (exact) mass is 400 g/mol. The molecule has 5 nitrogen and oxygen atoms in total. The Bertz CT molecular complexity index is 797. The molecule has 6 heteroatoms. The average Bonchev–Trinajstić information content (AvgIpc) is 2.67. The van der Waals surface area contributed by atoms with E-state index < -0.39 is 0 Å². The Morgan fingerprint density at radius 3 is 2.43 bits per heavy atom. The van der Waals surface area contributed by atoms with E-state index in [0.717, 1.165) is 41.1 Å². The number of benzene rings is 1. The van der Waals surface area contributed by atoms with Crippen molar-refractivity contribution in [2.45, 2.75) is 57.9 Å². The van der Waals surface area contributed by atoms with Crippen molar-refractivity contribution in [1.82, 2.24) is 15.3 Å². The topological polar surface area (TPSA) is 58.1 Å². The van der Waals surface area contributed by atoms with Gasteiger partial charge in [0.05, 0.1) is 5.69 Å². The number of rotatable bonds is 8. The molecule has 0 aliphatic carbocycles. The van der Waals surface area contributed by atoms with E-state index in [1.807, 2.05) is 31.2 Å². The summed E-state index contributed by atoms with van der Waals surface area (Å²) in [6.07, 6.45) is 0. The third-order valence-corrected chi connectivity index (χ3v) is 5.36. The molecule has 0 unspecified atom stereocenters. The predicted molar refractivity (Wildman–Crippen MR) is 118 cm³/mol. The lowest BCUT2D eigenvalue weighted by Gasteiger charge is -2.24. The van der Waals surface area contributed by atoms with Gasteiger partial charge in [-0.2, -0.15) is 0 Å². The Hall–Kier alpha value is -2.08. The van der Waals surface area contributed by atoms with Crippen LogP contribution < -0.4 is 10.2 Å². The van der Waals surface area contributed by atoms with Gasteiger partial charge in [-0.25, -0.2) is 9.97 Å². The summed E-state index contributed by atoms with van der Waals surface area (Å²) in [5, 5.41) is 3.62. The number of hydrogen-bond acceptors (Lipinski definition) is 5. The van der Waals surface area contributed by atoms with Crippen LogP contribution in [-0.2, 0) is 11.2 Å². The fraction of sp³-hybridized carbons (Fsp3) is 0.500. The molecule has 1 aromatic carbocycles. The van der Waals surface area contributed by atoms with Gasteiger partial charge in [-0.1, -0.05) is 44.7 Å². The van der Waals surface area contributed by atoms with Gasteiger partial charge in [0.1, 0.15) is 5.82 Å². The summed E-state index contributed by atoms with van der Waals surface area (Å²) in [5.74, 6) is 1.66. The van der Waals surface area contributed by atoms with Gasteiger partial charge in [-0.15, -0.1) is 0 Å². The van der Waals surface area contributed by atoms with Crippen LogP contribution in [0.4, 0.5) is 5.82 Å². The maximum atomic E-state index is 12.1. The summed E-state index contributed by atoms with van der Waals surface area (Å²) in [5.41, 5.74) is 2.78. The van der Waals surface area contributed by atoms with Crippen molar-refractivity contribution in [1.29, 1.82) is 0 Å². The molecular formula is C22H32N4OS. The summed E-state index contributed by atoms with van der Waals surface area (Å²) in [7, 11) is 0. The van der Waals surface area contributed by atoms with Crippen LogP contribution in [0.25, 0.3) is 0 Å². The Morgan fingerprint density at radius 2 is 1.82 bits per heavy atom. The van der Waals surface area contributed by atoms with E-state index in [1.54, 1.807) is 11.8 Å². The van der Waals surface area contributed by atoms with Crippen molar-refractivity contribution in [2.24, 2.45) is 0 Å². The van der Waals surface area contributed by atoms with Gasteiger partial charge in [0, 0.05) is 42.4 Å². The van der Waals surface area contributed by atoms with Crippen LogP contribution in [0.1, 0.15) is 63.2 Å². The van der Waals surface area contributed by atoms with Gasteiger partial charge in [-0.3, -0.25) is 4.79 Å². The van der Waals surface area contributed by atoms with Crippen molar-refractivity contribution in [3.05, 3.63) is 47.2 Å². The third kappa shape index (κ3) is 5.96. The highest BCUT2D eigenvalue weighted by molar-refractivity contribution is 7.98. The second-order valence-electron chi connectivity index (χ2n) is 7.66. The molecule has 28 heavy (non-hydrogen) atoms. The summed E-state index contributed by atoms with van der Waals surface area (Å²) < 4.78 is 0. The first-order valence-electron chi connectivity index (χ1n) is 9.92. The van der Waals surface area contributed by atoms with Gasteiger partial charge >= 0.3 is 0 Å². The molecule has 0 fully saturated rings. The van der Waals surface area contributed by atoms with E-state index in [1.165, 1.54) is 0 Å². The Labute approximate surface area is 173 Å². The molecule has 0 radical (unpaired) electrons. The number of carbonyl (C=O) groups is 1. The zero-order chi connectivity index (χ0) is 20.7. The molecule has 2 rings (SSSR count). The fourth-order valence-electron chi connectivity index (χ4n) is 2.78. The van der Waals surface area contributed by atoms with Crippen molar-refractivity contribution in [3.8, 4) is 0 Å². The summed E-state index contributed by atoms with van der Waals surface area (Å²) in [6.45, 7) is 15.2. The van der Waals surface area contributed by atoms with Crippen LogP contribution >= 0.6 is 11.8 Å². The first kappa shape index (κ1) is 22.2. The molecule has 0 bridgehead atoms. The SMILES string of the molecule is CCNC(=O)c1cccc(CSc2nc(N(CC)CC)cc(C(C)(C)C)n2)c1. The highest BCUT2D eigenvalue weighted by atomic mass is 32.2.